The SMILES string of the molecule is COC(=O)c1c(C)nc(C)c2c(=O)[nH]c3sc(Cl)cc3c12. The molecule has 5 nitrogen and oxygen atoms in total. The number of aryl methyl sites for hydroxylation is 2. The molecule has 7 heteroatoms. The van der Waals surface area contributed by atoms with Gasteiger partial charge in [0, 0.05) is 10.8 Å². The molecule has 0 radical (unpaired) electrons. The Morgan fingerprint density at radius 2 is 2.05 bits per heavy atom. The number of hydrogen-bond donors (Lipinski definition) is 1. The molecule has 0 spiro atoms. The Balaban J connectivity index is 2.68. The first kappa shape index (κ1) is 14.0. The summed E-state index contributed by atoms with van der Waals surface area (Å²) in [6.45, 7) is 3.46. The lowest BCUT2D eigenvalue weighted by Crippen LogP contribution is -2.14. The zero-order chi connectivity index (χ0) is 15.3. The topological polar surface area (TPSA) is 72.0 Å². The van der Waals surface area contributed by atoms with Crippen molar-refractivity contribution in [2.24, 2.45) is 0 Å². The van der Waals surface area contributed by atoms with Gasteiger partial charge in [-0.05, 0) is 19.9 Å². The van der Waals surface area contributed by atoms with Crippen LogP contribution in [0.15, 0.2) is 10.9 Å². The largest absolute Gasteiger partial charge is 0.465 e. The quantitative estimate of drug-likeness (QED) is 0.698. The molecule has 0 aliphatic carbocycles. The van der Waals surface area contributed by atoms with E-state index in [9.17, 15) is 9.59 Å². The highest BCUT2D eigenvalue weighted by atomic mass is 35.5. The summed E-state index contributed by atoms with van der Waals surface area (Å²) in [5.41, 5.74) is 1.12. The minimum atomic E-state index is -0.515. The van der Waals surface area contributed by atoms with Crippen LogP contribution < -0.4 is 5.56 Å². The predicted molar refractivity (Wildman–Crippen MR) is 83.6 cm³/mol. The molecule has 21 heavy (non-hydrogen) atoms. The number of hydrogen-bond acceptors (Lipinski definition) is 5. The van der Waals surface area contributed by atoms with Crippen LogP contribution in [-0.2, 0) is 4.74 Å². The van der Waals surface area contributed by atoms with Crippen molar-refractivity contribution in [3.63, 3.8) is 0 Å². The van der Waals surface area contributed by atoms with Crippen LogP contribution in [0.2, 0.25) is 4.34 Å². The summed E-state index contributed by atoms with van der Waals surface area (Å²) in [4.78, 5) is 32.1. The molecule has 0 amide bonds. The summed E-state index contributed by atoms with van der Waals surface area (Å²) in [6, 6.07) is 1.74. The maximum atomic E-state index is 12.3. The van der Waals surface area contributed by atoms with Crippen molar-refractivity contribution < 1.29 is 9.53 Å². The van der Waals surface area contributed by atoms with Crippen LogP contribution in [0.5, 0.6) is 0 Å². The van der Waals surface area contributed by atoms with Crippen molar-refractivity contribution in [1.82, 2.24) is 9.97 Å². The monoisotopic (exact) mass is 322 g/mol. The number of rotatable bonds is 1. The second kappa shape index (κ2) is 4.82. The molecule has 3 aromatic heterocycles. The summed E-state index contributed by atoms with van der Waals surface area (Å²) in [6.07, 6.45) is 0. The number of fused-ring (bicyclic) bond motifs is 3. The predicted octanol–water partition coefficient (Wildman–Crippen LogP) is 3.19. The first-order valence-corrected chi connectivity index (χ1v) is 7.34. The van der Waals surface area contributed by atoms with Gasteiger partial charge < -0.3 is 9.72 Å². The molecule has 0 aliphatic heterocycles. The van der Waals surface area contributed by atoms with E-state index in [-0.39, 0.29) is 5.56 Å². The number of nitrogens with one attached hydrogen (secondary N) is 1. The highest BCUT2D eigenvalue weighted by Crippen LogP contribution is 2.34. The van der Waals surface area contributed by atoms with Crippen LogP contribution in [0.25, 0.3) is 21.0 Å². The zero-order valence-corrected chi connectivity index (χ0v) is 13.1. The molecule has 0 fully saturated rings. The number of carbonyl (C=O) groups excluding carboxylic acids is 1. The molecule has 0 saturated carbocycles. The minimum absolute atomic E-state index is 0.286. The van der Waals surface area contributed by atoms with Crippen LogP contribution in [0.1, 0.15) is 21.7 Å². The first-order valence-electron chi connectivity index (χ1n) is 6.14. The van der Waals surface area contributed by atoms with E-state index in [1.165, 1.54) is 18.4 Å². The number of nitrogens with zero attached hydrogens (tertiary/aromatic N) is 1. The van der Waals surface area contributed by atoms with Gasteiger partial charge in [-0.1, -0.05) is 11.6 Å². The molecule has 3 aromatic rings. The fourth-order valence-electron chi connectivity index (χ4n) is 2.55. The maximum Gasteiger partial charge on any atom is 0.340 e. The Bertz CT molecular complexity index is 958. The Morgan fingerprint density at radius 3 is 2.71 bits per heavy atom. The molecule has 108 valence electrons. The van der Waals surface area contributed by atoms with Gasteiger partial charge >= 0.3 is 5.97 Å². The molecular weight excluding hydrogens is 312 g/mol. The number of carbonyl (C=O) groups is 1. The Labute approximate surface area is 128 Å². The van der Waals surface area contributed by atoms with Gasteiger partial charge in [-0.3, -0.25) is 9.78 Å². The number of esters is 1. The Kier molecular flexibility index (Phi) is 3.22. The van der Waals surface area contributed by atoms with E-state index in [1.807, 2.05) is 0 Å². The van der Waals surface area contributed by atoms with E-state index in [4.69, 9.17) is 16.3 Å². The fraction of sp³-hybridized carbons (Fsp3) is 0.214. The molecule has 1 N–H and O–H groups in total. The number of H-pyrrole nitrogens is 1. The molecule has 3 rings (SSSR count). The van der Waals surface area contributed by atoms with E-state index in [0.29, 0.717) is 36.9 Å². The van der Waals surface area contributed by atoms with Gasteiger partial charge in [0.15, 0.2) is 0 Å². The second-order valence-corrected chi connectivity index (χ2v) is 6.33. The van der Waals surface area contributed by atoms with Gasteiger partial charge in [-0.15, -0.1) is 11.3 Å². The third-order valence-electron chi connectivity index (χ3n) is 3.37. The first-order chi connectivity index (χ1) is 9.93. The van der Waals surface area contributed by atoms with Gasteiger partial charge in [0.1, 0.15) is 4.83 Å². The summed E-state index contributed by atoms with van der Waals surface area (Å²) >= 11 is 7.30. The van der Waals surface area contributed by atoms with Gasteiger partial charge in [0.2, 0.25) is 0 Å². The average molecular weight is 323 g/mol. The molecule has 0 aromatic carbocycles. The van der Waals surface area contributed by atoms with Gasteiger partial charge in [-0.25, -0.2) is 4.79 Å². The van der Waals surface area contributed by atoms with Gasteiger partial charge in [0.05, 0.1) is 33.8 Å². The van der Waals surface area contributed by atoms with Crippen LogP contribution >= 0.6 is 22.9 Å². The maximum absolute atomic E-state index is 12.3. The average Bonchev–Trinajstić information content (AvgIpc) is 2.77. The van der Waals surface area contributed by atoms with Crippen LogP contribution in [0.4, 0.5) is 0 Å². The van der Waals surface area contributed by atoms with E-state index in [0.717, 1.165) is 5.39 Å². The number of pyridine rings is 2. The highest BCUT2D eigenvalue weighted by Gasteiger charge is 2.22. The third-order valence-corrected chi connectivity index (χ3v) is 4.55. The molecule has 0 unspecified atom stereocenters. The molecular formula is C14H11ClN2O3S. The molecule has 0 aliphatic rings. The summed E-state index contributed by atoms with van der Waals surface area (Å²) < 4.78 is 5.38. The number of halogens is 1. The van der Waals surface area contributed by atoms with Crippen LogP contribution in [-0.4, -0.2) is 23.0 Å². The van der Waals surface area contributed by atoms with E-state index >= 15 is 0 Å². The summed E-state index contributed by atoms with van der Waals surface area (Å²) in [5, 5.41) is 1.67. The van der Waals surface area contributed by atoms with Gasteiger partial charge in [-0.2, -0.15) is 0 Å². The number of aromatic nitrogens is 2. The highest BCUT2D eigenvalue weighted by molar-refractivity contribution is 7.22. The van der Waals surface area contributed by atoms with Crippen molar-refractivity contribution in [1.29, 1.82) is 0 Å². The second-order valence-electron chi connectivity index (χ2n) is 4.65. The zero-order valence-electron chi connectivity index (χ0n) is 11.5. The standard InChI is InChI=1S/C14H11ClN2O3S/c1-5-9-11(10(6(2)16-5)14(19)20-3)7-4-8(15)21-13(7)17-12(9)18/h4H,1-3H3,(H,17,18). The molecule has 0 bridgehead atoms. The lowest BCUT2D eigenvalue weighted by Gasteiger charge is -2.10. The smallest absolute Gasteiger partial charge is 0.340 e. The van der Waals surface area contributed by atoms with E-state index in [1.54, 1.807) is 19.9 Å². The summed E-state index contributed by atoms with van der Waals surface area (Å²) in [7, 11) is 1.30. The van der Waals surface area contributed by atoms with Crippen LogP contribution in [0, 0.1) is 13.8 Å². The third kappa shape index (κ3) is 2.02. The van der Waals surface area contributed by atoms with E-state index < -0.39 is 5.97 Å². The molecule has 0 atom stereocenters. The summed E-state index contributed by atoms with van der Waals surface area (Å²) in [5.74, 6) is -0.515. The number of aromatic amines is 1. The minimum Gasteiger partial charge on any atom is -0.465 e. The molecule has 0 saturated heterocycles. The number of methoxy groups -OCH3 is 1. The normalized spacial score (nSPS) is 11.2. The van der Waals surface area contributed by atoms with Crippen molar-refractivity contribution in [2.45, 2.75) is 13.8 Å². The van der Waals surface area contributed by atoms with Crippen molar-refractivity contribution in [3.05, 3.63) is 37.7 Å². The van der Waals surface area contributed by atoms with Crippen molar-refractivity contribution in [3.8, 4) is 0 Å². The number of thiophene rings is 1. The lowest BCUT2D eigenvalue weighted by atomic mass is 10.0. The fourth-order valence-corrected chi connectivity index (χ4v) is 3.68. The van der Waals surface area contributed by atoms with Crippen LogP contribution in [0.3, 0.4) is 0 Å². The molecule has 3 heterocycles. The van der Waals surface area contributed by atoms with Gasteiger partial charge in [0.25, 0.3) is 5.56 Å². The van der Waals surface area contributed by atoms with Crippen molar-refractivity contribution in [2.75, 3.05) is 7.11 Å². The Morgan fingerprint density at radius 1 is 1.33 bits per heavy atom. The Hall–Kier alpha value is -1.92. The van der Waals surface area contributed by atoms with Crippen molar-refractivity contribution >= 4 is 49.9 Å². The number of ether oxygens (including phenoxy) is 1. The lowest BCUT2D eigenvalue weighted by molar-refractivity contribution is 0.0602. The van der Waals surface area contributed by atoms with E-state index in [2.05, 4.69) is 9.97 Å².